The van der Waals surface area contributed by atoms with E-state index in [1.165, 1.54) is 22.8 Å². The van der Waals surface area contributed by atoms with Gasteiger partial charge in [-0.25, -0.2) is 0 Å². The van der Waals surface area contributed by atoms with Crippen LogP contribution in [0.3, 0.4) is 0 Å². The van der Waals surface area contributed by atoms with E-state index in [1.54, 1.807) is 0 Å². The first-order valence-electron chi connectivity index (χ1n) is 4.11. The summed E-state index contributed by atoms with van der Waals surface area (Å²) in [7, 11) is 0. The van der Waals surface area contributed by atoms with Crippen molar-refractivity contribution < 1.29 is 0 Å². The summed E-state index contributed by atoms with van der Waals surface area (Å²) < 4.78 is 0. The average molecular weight is 180 g/mol. The Bertz CT molecular complexity index is 271. The molecule has 0 saturated carbocycles. The van der Waals surface area contributed by atoms with E-state index in [1.807, 2.05) is 30.2 Å². The summed E-state index contributed by atoms with van der Waals surface area (Å²) in [6, 6.07) is 2.70. The van der Waals surface area contributed by atoms with Crippen LogP contribution in [0.2, 0.25) is 0 Å². The Hall–Kier alpha value is -0.700. The van der Waals surface area contributed by atoms with Crippen LogP contribution in [0.4, 0.5) is 5.69 Å². The molecule has 0 amide bonds. The molecule has 1 aliphatic heterocycles. The van der Waals surface area contributed by atoms with Gasteiger partial charge in [0.2, 0.25) is 0 Å². The highest BCUT2D eigenvalue weighted by atomic mass is 32.2. The van der Waals surface area contributed by atoms with Gasteiger partial charge in [-0.05, 0) is 18.6 Å². The van der Waals surface area contributed by atoms with Gasteiger partial charge >= 0.3 is 0 Å². The van der Waals surface area contributed by atoms with Crippen molar-refractivity contribution in [3.63, 3.8) is 0 Å². The third-order valence-corrected chi connectivity index (χ3v) is 3.31. The fraction of sp³-hybridized carbons (Fsp3) is 0.444. The lowest BCUT2D eigenvalue weighted by Gasteiger charge is -2.27. The van der Waals surface area contributed by atoms with Crippen molar-refractivity contribution in [1.29, 1.82) is 0 Å². The molecule has 0 spiro atoms. The van der Waals surface area contributed by atoms with Crippen LogP contribution in [-0.2, 0) is 0 Å². The number of aromatic nitrogens is 1. The van der Waals surface area contributed by atoms with E-state index in [-0.39, 0.29) is 0 Å². The van der Waals surface area contributed by atoms with Crippen molar-refractivity contribution >= 4 is 17.4 Å². The molecular weight excluding hydrogens is 168 g/mol. The van der Waals surface area contributed by atoms with Gasteiger partial charge in [0.25, 0.3) is 0 Å². The number of pyridine rings is 1. The first kappa shape index (κ1) is 7.92. The summed E-state index contributed by atoms with van der Waals surface area (Å²) in [5.74, 6) is 2.46. The first-order valence-corrected chi connectivity index (χ1v) is 5.26. The summed E-state index contributed by atoms with van der Waals surface area (Å²) >= 11 is 1.99. The molecule has 1 aromatic rings. The van der Waals surface area contributed by atoms with E-state index in [9.17, 15) is 0 Å². The smallest absolute Gasteiger partial charge is 0.0559 e. The monoisotopic (exact) mass is 180 g/mol. The molecule has 1 aromatic heterocycles. The lowest BCUT2D eigenvalue weighted by Crippen LogP contribution is -2.33. The molecule has 2 heterocycles. The second-order valence-electron chi connectivity index (χ2n) is 3.07. The highest BCUT2D eigenvalue weighted by Gasteiger charge is 2.17. The Kier molecular flexibility index (Phi) is 2.21. The molecule has 1 fully saturated rings. The number of hydrogen-bond acceptors (Lipinski definition) is 3. The summed E-state index contributed by atoms with van der Waals surface area (Å²) in [5.41, 5.74) is 2.46. The number of thioether (sulfide) groups is 1. The highest BCUT2D eigenvalue weighted by molar-refractivity contribution is 8.00. The highest BCUT2D eigenvalue weighted by Crippen LogP contribution is 2.22. The van der Waals surface area contributed by atoms with Crippen LogP contribution in [0, 0.1) is 6.92 Å². The fourth-order valence-corrected chi connectivity index (χ4v) is 1.79. The Morgan fingerprint density at radius 2 is 2.42 bits per heavy atom. The summed E-state index contributed by atoms with van der Waals surface area (Å²) in [6.45, 7) is 2.11. The summed E-state index contributed by atoms with van der Waals surface area (Å²) in [4.78, 5) is 4.09. The van der Waals surface area contributed by atoms with Crippen molar-refractivity contribution in [2.24, 2.45) is 0 Å². The van der Waals surface area contributed by atoms with Crippen LogP contribution in [0.15, 0.2) is 18.5 Å². The standard InChI is InChI=1S/C9H12N2S/c1-7-2-3-10-4-9(7)11-8-5-12-6-8/h2-4,8,11H,5-6H2,1H3. The lowest BCUT2D eigenvalue weighted by molar-refractivity contribution is 0.878. The van der Waals surface area contributed by atoms with Crippen LogP contribution in [-0.4, -0.2) is 22.5 Å². The van der Waals surface area contributed by atoms with Gasteiger partial charge in [0.15, 0.2) is 0 Å². The minimum Gasteiger partial charge on any atom is -0.379 e. The van der Waals surface area contributed by atoms with E-state index < -0.39 is 0 Å². The van der Waals surface area contributed by atoms with Crippen LogP contribution < -0.4 is 5.32 Å². The van der Waals surface area contributed by atoms with Crippen LogP contribution >= 0.6 is 11.8 Å². The molecule has 3 heteroatoms. The molecular formula is C9H12N2S. The van der Waals surface area contributed by atoms with E-state index in [2.05, 4.69) is 17.2 Å². The largest absolute Gasteiger partial charge is 0.379 e. The van der Waals surface area contributed by atoms with Gasteiger partial charge in [0, 0.05) is 23.7 Å². The Balaban J connectivity index is 2.06. The zero-order valence-electron chi connectivity index (χ0n) is 7.08. The topological polar surface area (TPSA) is 24.9 Å². The van der Waals surface area contributed by atoms with Crippen LogP contribution in [0.5, 0.6) is 0 Å². The van der Waals surface area contributed by atoms with E-state index in [0.717, 1.165) is 0 Å². The van der Waals surface area contributed by atoms with Crippen molar-refractivity contribution in [3.8, 4) is 0 Å². The predicted octanol–water partition coefficient (Wildman–Crippen LogP) is 1.92. The quantitative estimate of drug-likeness (QED) is 0.752. The first-order chi connectivity index (χ1) is 5.86. The maximum atomic E-state index is 4.09. The van der Waals surface area contributed by atoms with Crippen LogP contribution in [0.1, 0.15) is 5.56 Å². The molecule has 0 radical (unpaired) electrons. The molecule has 2 nitrogen and oxygen atoms in total. The predicted molar refractivity (Wildman–Crippen MR) is 53.7 cm³/mol. The molecule has 2 rings (SSSR count). The zero-order valence-corrected chi connectivity index (χ0v) is 7.90. The molecule has 0 atom stereocenters. The number of aryl methyl sites for hydroxylation is 1. The second-order valence-corrected chi connectivity index (χ2v) is 4.14. The lowest BCUT2D eigenvalue weighted by atomic mass is 10.2. The van der Waals surface area contributed by atoms with Gasteiger partial charge in [0.1, 0.15) is 0 Å². The van der Waals surface area contributed by atoms with Gasteiger partial charge in [-0.1, -0.05) is 0 Å². The fourth-order valence-electron chi connectivity index (χ4n) is 1.15. The maximum absolute atomic E-state index is 4.09. The van der Waals surface area contributed by atoms with Gasteiger partial charge in [-0.15, -0.1) is 0 Å². The maximum Gasteiger partial charge on any atom is 0.0559 e. The van der Waals surface area contributed by atoms with Crippen molar-refractivity contribution in [2.75, 3.05) is 16.8 Å². The van der Waals surface area contributed by atoms with Crippen molar-refractivity contribution in [1.82, 2.24) is 4.98 Å². The average Bonchev–Trinajstić information content (AvgIpc) is 2.00. The summed E-state index contributed by atoms with van der Waals surface area (Å²) in [6.07, 6.45) is 3.73. The number of anilines is 1. The normalized spacial score (nSPS) is 17.1. The molecule has 1 saturated heterocycles. The van der Waals surface area contributed by atoms with Crippen molar-refractivity contribution in [2.45, 2.75) is 13.0 Å². The molecule has 1 N–H and O–H groups in total. The third kappa shape index (κ3) is 1.55. The van der Waals surface area contributed by atoms with Crippen molar-refractivity contribution in [3.05, 3.63) is 24.0 Å². The second kappa shape index (κ2) is 3.35. The molecule has 0 unspecified atom stereocenters. The van der Waals surface area contributed by atoms with Gasteiger partial charge in [0.05, 0.1) is 11.9 Å². The van der Waals surface area contributed by atoms with Gasteiger partial charge in [-0.2, -0.15) is 11.8 Å². The Morgan fingerprint density at radius 1 is 1.58 bits per heavy atom. The zero-order chi connectivity index (χ0) is 8.39. The minimum absolute atomic E-state index is 0.665. The number of hydrogen-bond donors (Lipinski definition) is 1. The molecule has 64 valence electrons. The molecule has 0 aromatic carbocycles. The molecule has 0 bridgehead atoms. The SMILES string of the molecule is Cc1ccncc1NC1CSC1. The summed E-state index contributed by atoms with van der Waals surface area (Å²) in [5, 5.41) is 3.46. The molecule has 0 aliphatic carbocycles. The number of nitrogens with zero attached hydrogens (tertiary/aromatic N) is 1. The molecule has 12 heavy (non-hydrogen) atoms. The number of rotatable bonds is 2. The molecule has 1 aliphatic rings. The van der Waals surface area contributed by atoms with E-state index >= 15 is 0 Å². The van der Waals surface area contributed by atoms with E-state index in [4.69, 9.17) is 0 Å². The number of nitrogens with one attached hydrogen (secondary N) is 1. The van der Waals surface area contributed by atoms with E-state index in [0.29, 0.717) is 6.04 Å². The Morgan fingerprint density at radius 3 is 3.00 bits per heavy atom. The Labute approximate surface area is 76.8 Å². The van der Waals surface area contributed by atoms with Gasteiger partial charge in [-0.3, -0.25) is 4.98 Å². The third-order valence-electron chi connectivity index (χ3n) is 2.04. The van der Waals surface area contributed by atoms with Crippen LogP contribution in [0.25, 0.3) is 0 Å². The minimum atomic E-state index is 0.665. The van der Waals surface area contributed by atoms with Gasteiger partial charge < -0.3 is 5.32 Å².